The fraction of sp³-hybridized carbons (Fsp3) is 0.324. The molecule has 0 aromatic heterocycles. The third-order valence-electron chi connectivity index (χ3n) is 5.23. The Morgan fingerprint density at radius 1 is 0.523 bits per heavy atom. The van der Waals surface area contributed by atoms with E-state index in [1.807, 2.05) is 0 Å². The summed E-state index contributed by atoms with van der Waals surface area (Å²) in [5.41, 5.74) is 0.624. The third kappa shape index (κ3) is 45.1. The summed E-state index contributed by atoms with van der Waals surface area (Å²) in [5.74, 6) is -5.09. The number of benzene rings is 3. The van der Waals surface area contributed by atoms with Crippen LogP contribution in [-0.4, -0.2) is 112 Å². The molecule has 65 heavy (non-hydrogen) atoms. The minimum Gasteiger partial charge on any atom is -0.872 e. The van der Waals surface area contributed by atoms with E-state index in [9.17, 15) is 20.4 Å². The van der Waals surface area contributed by atoms with Crippen molar-refractivity contribution in [1.82, 2.24) is 0 Å². The molecule has 0 bridgehead atoms. The summed E-state index contributed by atoms with van der Waals surface area (Å²) < 4.78 is 9.15. The topological polar surface area (TPSA) is 358 Å². The Morgan fingerprint density at radius 2 is 0.723 bits per heavy atom. The molecule has 0 heterocycles. The molecule has 3 rings (SSSR count). The standard InChI is InChI=1S/C28H30N4O10.3C2H4O2.CHCl3.2CH4O.Ce.2Zn/c1-37-23-7-3-5-19(25(23)33)15-29-39-11-13-41-31-17-21-9-10-22(28(36)27(21)35)18-32-42-14-12-40-30-16-20-6-4-8-24(38-2)26(20)34;3*1-2(3)4;2-1(3)4;2*1-2;;;/h3-10,15-18,33-36H,11-14H2,1-2H3;3*1H3,(H,3,4);1H;2*2H,1H3;;;/q;;;;;;;+3;2*+2/p-7/b29-15+,30-16+,31-17+,32-18+;;;;;;;;;. The molecular weight excluding hydrogens is 1170 g/mol. The molecule has 3 aromatic carbocycles. The van der Waals surface area contributed by atoms with Crippen molar-refractivity contribution in [3.63, 3.8) is 0 Å². The van der Waals surface area contributed by atoms with Gasteiger partial charge in [-0.3, -0.25) is 0 Å². The number of carboxylic acid groups (broad SMARTS) is 3. The number of methoxy groups -OCH3 is 2. The largest absolute Gasteiger partial charge is 3.00 e. The first-order chi connectivity index (χ1) is 29.4. The maximum Gasteiger partial charge on any atom is 3.00 e. The van der Waals surface area contributed by atoms with Crippen LogP contribution in [0.1, 0.15) is 43.0 Å². The number of hydrogen-bond donors (Lipinski definition) is 2. The van der Waals surface area contributed by atoms with E-state index >= 15 is 0 Å². The van der Waals surface area contributed by atoms with Crippen LogP contribution in [0.3, 0.4) is 0 Å². The smallest absolute Gasteiger partial charge is 0.872 e. The molecule has 0 aliphatic rings. The van der Waals surface area contributed by atoms with Gasteiger partial charge in [-0.1, -0.05) is 103 Å². The molecule has 0 atom stereocenters. The summed E-state index contributed by atoms with van der Waals surface area (Å²) in [6.45, 7) is 2.93. The normalized spacial score (nSPS) is 9.31. The second-order valence-electron chi connectivity index (χ2n) is 9.65. The fourth-order valence-electron chi connectivity index (χ4n) is 3.12. The van der Waals surface area contributed by atoms with Gasteiger partial charge < -0.3 is 89.2 Å². The van der Waals surface area contributed by atoms with Crippen molar-refractivity contribution in [3.8, 4) is 34.5 Å². The predicted octanol–water partition coefficient (Wildman–Crippen LogP) is -1.73. The molecule has 0 saturated heterocycles. The molecule has 349 valence electrons. The van der Waals surface area contributed by atoms with E-state index < -0.39 is 33.7 Å². The Balaban J connectivity index is -0.000000248. The number of carbonyl (C=O) groups excluding carboxylic acids is 3. The average molecular weight is 1210 g/mol. The van der Waals surface area contributed by atoms with Crippen LogP contribution in [0.15, 0.2) is 69.2 Å². The second kappa shape index (κ2) is 51.2. The number of aliphatic carboxylic acids is 3. The van der Waals surface area contributed by atoms with Crippen molar-refractivity contribution in [1.29, 1.82) is 0 Å². The van der Waals surface area contributed by atoms with E-state index in [2.05, 4.69) is 20.6 Å². The summed E-state index contributed by atoms with van der Waals surface area (Å²) in [4.78, 5) is 46.7. The van der Waals surface area contributed by atoms with Crippen molar-refractivity contribution >= 4 is 77.6 Å². The van der Waals surface area contributed by atoms with Crippen LogP contribution < -0.4 is 45.2 Å². The molecule has 1 radical (unpaired) electrons. The molecule has 3 aromatic rings. The van der Waals surface area contributed by atoms with Gasteiger partial charge in [0.1, 0.15) is 11.5 Å². The molecule has 0 fully saturated rings. The fourth-order valence-corrected chi connectivity index (χ4v) is 3.12. The predicted molar refractivity (Wildman–Crippen MR) is 214 cm³/mol. The number of nitrogens with zero attached hydrogens (tertiary/aromatic N) is 4. The number of aliphatic hydroxyl groups is 2. The molecule has 0 aliphatic heterocycles. The summed E-state index contributed by atoms with van der Waals surface area (Å²) in [5, 5.41) is 104. The number of ether oxygens (including phenoxy) is 2. The third-order valence-corrected chi connectivity index (χ3v) is 5.23. The maximum absolute atomic E-state index is 12.3. The number of oxime groups is 4. The van der Waals surface area contributed by atoms with Gasteiger partial charge in [0.2, 0.25) is 0 Å². The van der Waals surface area contributed by atoms with Crippen LogP contribution in [0.5, 0.6) is 34.5 Å². The number of halogens is 3. The number of carbonyl (C=O) groups is 3. The summed E-state index contributed by atoms with van der Waals surface area (Å²) >= 11 is 14.4. The zero-order valence-electron chi connectivity index (χ0n) is 36.1. The van der Waals surface area contributed by atoms with Gasteiger partial charge in [-0.15, -0.1) is 11.5 Å². The number of para-hydroxylation sites is 2. The van der Waals surface area contributed by atoms with E-state index in [0.717, 1.165) is 47.4 Å². The number of carboxylic acids is 3. The Labute approximate surface area is 449 Å². The van der Waals surface area contributed by atoms with E-state index in [1.165, 1.54) is 38.8 Å². The average Bonchev–Trinajstić information content (AvgIpc) is 3.21. The molecular formula is C37H44CeCl3N4O18Zn2. The molecule has 22 nitrogen and oxygen atoms in total. The molecule has 0 unspecified atom stereocenters. The van der Waals surface area contributed by atoms with Crippen LogP contribution in [0.25, 0.3) is 0 Å². The number of hydrogen-bond acceptors (Lipinski definition) is 22. The van der Waals surface area contributed by atoms with E-state index in [4.69, 9.17) is 104 Å². The summed E-state index contributed by atoms with van der Waals surface area (Å²) in [7, 11) is 4.79. The van der Waals surface area contributed by atoms with Crippen molar-refractivity contribution < 1.29 is 170 Å². The van der Waals surface area contributed by atoms with Gasteiger partial charge in [0.05, 0.1) is 39.1 Å². The first-order valence-electron chi connectivity index (χ1n) is 16.5. The quantitative estimate of drug-likeness (QED) is 0.0529. The monoisotopic (exact) mass is 1200 g/mol. The van der Waals surface area contributed by atoms with E-state index in [0.29, 0.717) is 11.1 Å². The van der Waals surface area contributed by atoms with Gasteiger partial charge >= 0.3 is 80.7 Å². The molecule has 0 aliphatic carbocycles. The van der Waals surface area contributed by atoms with Crippen molar-refractivity contribution in [2.24, 2.45) is 20.6 Å². The Bertz CT molecular complexity index is 1670. The molecule has 2 N–H and O–H groups in total. The van der Waals surface area contributed by atoms with Gasteiger partial charge in [-0.2, -0.15) is 0 Å². The van der Waals surface area contributed by atoms with Crippen molar-refractivity contribution in [3.05, 3.63) is 70.8 Å². The number of rotatable bonds is 16. The SMILES string of the molecule is CC(=O)[O-].CC(=O)[O-].CC(=O)[O-].CO.CO.COc1cccc(/C=N/OCCO/N=C/c2ccc(/C=N/OCCO/N=C/c3cccc(OC)c3[O-])c([O-])c2[O-])c1[O-].ClC(Cl)Cl.[Ce+3].[Zn+2].[Zn+2]. The summed E-state index contributed by atoms with van der Waals surface area (Å²) in [6.07, 6.45) is 4.71. The Kier molecular flexibility index (Phi) is 59.4. The van der Waals surface area contributed by atoms with Crippen molar-refractivity contribution in [2.75, 3.05) is 54.9 Å². The van der Waals surface area contributed by atoms with Crippen LogP contribution in [0.2, 0.25) is 0 Å². The Hall–Kier alpha value is -3.84. The second-order valence-corrected chi connectivity index (χ2v) is 11.6. The van der Waals surface area contributed by atoms with E-state index in [1.54, 1.807) is 36.4 Å². The molecule has 0 spiro atoms. The molecule has 0 amide bonds. The molecule has 0 saturated carbocycles. The zero-order valence-corrected chi connectivity index (χ0v) is 47.4. The van der Waals surface area contributed by atoms with Crippen LogP contribution in [0.4, 0.5) is 0 Å². The minimum atomic E-state index is -1.08. The van der Waals surface area contributed by atoms with Crippen LogP contribution in [0, 0.1) is 41.7 Å². The van der Waals surface area contributed by atoms with Crippen molar-refractivity contribution in [2.45, 2.75) is 25.1 Å². The van der Waals surface area contributed by atoms with Crippen LogP contribution >= 0.6 is 34.8 Å². The maximum atomic E-state index is 12.3. The minimum absolute atomic E-state index is 0. The van der Waals surface area contributed by atoms with Crippen LogP contribution in [-0.2, 0) is 72.7 Å². The van der Waals surface area contributed by atoms with Gasteiger partial charge in [-0.05, 0) is 55.2 Å². The first-order valence-corrected chi connectivity index (χ1v) is 17.8. The summed E-state index contributed by atoms with van der Waals surface area (Å²) in [6, 6.07) is 12.3. The van der Waals surface area contributed by atoms with E-state index in [-0.39, 0.29) is 141 Å². The van der Waals surface area contributed by atoms with Gasteiger partial charge in [0.15, 0.2) is 30.7 Å². The van der Waals surface area contributed by atoms with Gasteiger partial charge in [0, 0.05) is 32.1 Å². The van der Waals surface area contributed by atoms with Gasteiger partial charge in [-0.25, -0.2) is 0 Å². The zero-order chi connectivity index (χ0) is 48.5. The van der Waals surface area contributed by atoms with Gasteiger partial charge in [0.25, 0.3) is 0 Å². The number of aliphatic hydroxyl groups excluding tert-OH is 2. The Morgan fingerprint density at radius 3 is 0.923 bits per heavy atom. The number of alkyl halides is 3. The molecule has 28 heteroatoms. The first kappa shape index (κ1) is 75.5.